The first kappa shape index (κ1) is 25.7. The number of anilines is 1. The number of halogens is 2. The summed E-state index contributed by atoms with van der Waals surface area (Å²) in [5, 5.41) is 2.69. The SMILES string of the molecule is CCOC(=O)/C=C/c1ccc(NC(=O)CCC2c3c(F)cccc3C(=O)N2Cc2ccc(F)cc2)nc1. The molecule has 0 aliphatic carbocycles. The van der Waals surface area contributed by atoms with E-state index in [1.165, 1.54) is 41.4 Å². The fourth-order valence-electron chi connectivity index (χ4n) is 4.19. The van der Waals surface area contributed by atoms with Crippen LogP contribution in [-0.2, 0) is 20.9 Å². The van der Waals surface area contributed by atoms with Crippen LogP contribution >= 0.6 is 0 Å². The highest BCUT2D eigenvalue weighted by Crippen LogP contribution is 2.39. The van der Waals surface area contributed by atoms with E-state index < -0.39 is 23.6 Å². The van der Waals surface area contributed by atoms with Gasteiger partial charge in [-0.05, 0) is 66.9 Å². The van der Waals surface area contributed by atoms with Crippen LogP contribution in [0, 0.1) is 11.6 Å². The number of nitrogens with one attached hydrogen (secondary N) is 1. The molecule has 2 aromatic carbocycles. The monoisotopic (exact) mass is 505 g/mol. The number of ether oxygens (including phenoxy) is 1. The minimum atomic E-state index is -0.650. The summed E-state index contributed by atoms with van der Waals surface area (Å²) in [4.78, 5) is 42.8. The largest absolute Gasteiger partial charge is 0.463 e. The summed E-state index contributed by atoms with van der Waals surface area (Å²) >= 11 is 0. The van der Waals surface area contributed by atoms with Crippen LogP contribution in [-0.4, -0.2) is 34.3 Å². The van der Waals surface area contributed by atoms with Crippen LogP contribution in [0.25, 0.3) is 6.08 Å². The second kappa shape index (κ2) is 11.6. The Hall–Kier alpha value is -4.40. The van der Waals surface area contributed by atoms with E-state index in [4.69, 9.17) is 4.74 Å². The highest BCUT2D eigenvalue weighted by atomic mass is 19.1. The van der Waals surface area contributed by atoms with Gasteiger partial charge in [-0.25, -0.2) is 18.6 Å². The van der Waals surface area contributed by atoms with Crippen LogP contribution in [0.5, 0.6) is 0 Å². The van der Waals surface area contributed by atoms with Gasteiger partial charge in [-0.2, -0.15) is 0 Å². The molecule has 0 radical (unpaired) electrons. The summed E-state index contributed by atoms with van der Waals surface area (Å²) < 4.78 is 32.9. The zero-order valence-electron chi connectivity index (χ0n) is 20.1. The minimum Gasteiger partial charge on any atom is -0.463 e. The van der Waals surface area contributed by atoms with Crippen LogP contribution in [0.2, 0.25) is 0 Å². The predicted molar refractivity (Wildman–Crippen MR) is 133 cm³/mol. The second-order valence-electron chi connectivity index (χ2n) is 8.43. The van der Waals surface area contributed by atoms with Crippen molar-refractivity contribution in [1.29, 1.82) is 0 Å². The Morgan fingerprint density at radius 2 is 1.89 bits per heavy atom. The van der Waals surface area contributed by atoms with Crippen LogP contribution in [0.3, 0.4) is 0 Å². The molecule has 0 saturated heterocycles. The summed E-state index contributed by atoms with van der Waals surface area (Å²) in [5.74, 6) is -1.73. The van der Waals surface area contributed by atoms with E-state index in [1.54, 1.807) is 43.3 Å². The van der Waals surface area contributed by atoms with Gasteiger partial charge in [-0.1, -0.05) is 18.2 Å². The minimum absolute atomic E-state index is 0.0117. The second-order valence-corrected chi connectivity index (χ2v) is 8.43. The van der Waals surface area contributed by atoms with Crippen LogP contribution in [0.1, 0.15) is 52.9 Å². The Kier molecular flexibility index (Phi) is 8.02. The number of amides is 2. The zero-order valence-corrected chi connectivity index (χ0v) is 20.1. The van der Waals surface area contributed by atoms with Gasteiger partial charge in [-0.3, -0.25) is 9.59 Å². The molecule has 2 amide bonds. The fraction of sp³-hybridized carbons (Fsp3) is 0.214. The number of fused-ring (bicyclic) bond motifs is 1. The highest BCUT2D eigenvalue weighted by molar-refractivity contribution is 5.99. The molecule has 0 fully saturated rings. The molecule has 9 heteroatoms. The van der Waals surface area contributed by atoms with Crippen molar-refractivity contribution in [3.63, 3.8) is 0 Å². The van der Waals surface area contributed by atoms with E-state index in [2.05, 4.69) is 10.3 Å². The molecule has 0 saturated carbocycles. The van der Waals surface area contributed by atoms with Gasteiger partial charge in [0.25, 0.3) is 5.91 Å². The average molecular weight is 506 g/mol. The number of hydrogen-bond acceptors (Lipinski definition) is 5. The van der Waals surface area contributed by atoms with Crippen molar-refractivity contribution in [3.05, 3.63) is 101 Å². The molecule has 37 heavy (non-hydrogen) atoms. The summed E-state index contributed by atoms with van der Waals surface area (Å²) in [5.41, 5.74) is 1.87. The third-order valence-electron chi connectivity index (χ3n) is 5.92. The average Bonchev–Trinajstić information content (AvgIpc) is 3.15. The van der Waals surface area contributed by atoms with Gasteiger partial charge in [-0.15, -0.1) is 0 Å². The van der Waals surface area contributed by atoms with E-state index >= 15 is 0 Å². The summed E-state index contributed by atoms with van der Waals surface area (Å²) in [7, 11) is 0. The summed E-state index contributed by atoms with van der Waals surface area (Å²) in [6.07, 6.45) is 4.54. The molecule has 3 aromatic rings. The molecule has 1 N–H and O–H groups in total. The molecule has 0 spiro atoms. The molecule has 1 aromatic heterocycles. The Bertz CT molecular complexity index is 1320. The van der Waals surface area contributed by atoms with Gasteiger partial charge in [0, 0.05) is 36.4 Å². The molecule has 1 aliphatic rings. The molecule has 4 rings (SSSR count). The lowest BCUT2D eigenvalue weighted by atomic mass is 9.99. The molecule has 0 bridgehead atoms. The quantitative estimate of drug-likeness (QED) is 0.325. The van der Waals surface area contributed by atoms with Crippen LogP contribution in [0.15, 0.2) is 66.9 Å². The van der Waals surface area contributed by atoms with Crippen LogP contribution in [0.4, 0.5) is 14.6 Å². The third-order valence-corrected chi connectivity index (χ3v) is 5.92. The molecule has 190 valence electrons. The van der Waals surface area contributed by atoms with E-state index in [0.29, 0.717) is 16.9 Å². The van der Waals surface area contributed by atoms with E-state index in [0.717, 1.165) is 0 Å². The number of rotatable bonds is 9. The molecular formula is C28H25F2N3O4. The first-order valence-corrected chi connectivity index (χ1v) is 11.8. The van der Waals surface area contributed by atoms with Gasteiger partial charge in [0.05, 0.1) is 12.6 Å². The predicted octanol–water partition coefficient (Wildman–Crippen LogP) is 5.05. The molecule has 2 heterocycles. The first-order valence-electron chi connectivity index (χ1n) is 11.8. The number of nitrogens with zero attached hydrogens (tertiary/aromatic N) is 2. The van der Waals surface area contributed by atoms with Crippen molar-refractivity contribution in [2.45, 2.75) is 32.4 Å². The van der Waals surface area contributed by atoms with Crippen molar-refractivity contribution >= 4 is 29.7 Å². The maximum atomic E-state index is 14.8. The fourth-order valence-corrected chi connectivity index (χ4v) is 4.19. The third kappa shape index (κ3) is 6.24. The number of aromatic nitrogens is 1. The molecule has 1 unspecified atom stereocenters. The van der Waals surface area contributed by atoms with E-state index in [1.807, 2.05) is 0 Å². The van der Waals surface area contributed by atoms with Gasteiger partial charge in [0.2, 0.25) is 5.91 Å². The van der Waals surface area contributed by atoms with Crippen molar-refractivity contribution in [3.8, 4) is 0 Å². The number of pyridine rings is 1. The maximum Gasteiger partial charge on any atom is 0.330 e. The number of carbonyl (C=O) groups excluding carboxylic acids is 3. The van der Waals surface area contributed by atoms with E-state index in [9.17, 15) is 23.2 Å². The van der Waals surface area contributed by atoms with Crippen LogP contribution < -0.4 is 5.32 Å². The summed E-state index contributed by atoms with van der Waals surface area (Å²) in [6.45, 7) is 2.15. The Balaban J connectivity index is 1.42. The van der Waals surface area contributed by atoms with Crippen molar-refractivity contribution in [1.82, 2.24) is 9.88 Å². The van der Waals surface area contributed by atoms with E-state index in [-0.39, 0.29) is 48.9 Å². The van der Waals surface area contributed by atoms with Crippen molar-refractivity contribution < 1.29 is 27.9 Å². The zero-order chi connectivity index (χ0) is 26.4. The normalized spacial score (nSPS) is 14.6. The van der Waals surface area contributed by atoms with Crippen molar-refractivity contribution in [2.24, 2.45) is 0 Å². The molecular weight excluding hydrogens is 480 g/mol. The Labute approximate surface area is 212 Å². The number of hydrogen-bond donors (Lipinski definition) is 1. The smallest absolute Gasteiger partial charge is 0.330 e. The lowest BCUT2D eigenvalue weighted by Gasteiger charge is -2.25. The van der Waals surface area contributed by atoms with Gasteiger partial charge >= 0.3 is 5.97 Å². The topological polar surface area (TPSA) is 88.6 Å². The maximum absolute atomic E-state index is 14.8. The number of benzene rings is 2. The lowest BCUT2D eigenvalue weighted by Crippen LogP contribution is -2.28. The van der Waals surface area contributed by atoms with Gasteiger partial charge in [0.1, 0.15) is 17.5 Å². The van der Waals surface area contributed by atoms with Gasteiger partial charge in [0.15, 0.2) is 0 Å². The standard InChI is InChI=1S/C28H25F2N3O4/c1-2-37-26(35)15-9-18-8-13-24(31-16-18)32-25(34)14-12-23-27-21(4-3-5-22(27)30)28(36)33(23)17-19-6-10-20(29)11-7-19/h3-11,13,15-16,23H,2,12,14,17H2,1H3,(H,31,32,34)/b15-9+. The number of esters is 1. The van der Waals surface area contributed by atoms with Crippen molar-refractivity contribution in [2.75, 3.05) is 11.9 Å². The molecule has 1 aliphatic heterocycles. The Morgan fingerprint density at radius 1 is 1.11 bits per heavy atom. The number of carbonyl (C=O) groups is 3. The highest BCUT2D eigenvalue weighted by Gasteiger charge is 2.38. The summed E-state index contributed by atoms with van der Waals surface area (Å²) in [6, 6.07) is 12.7. The van der Waals surface area contributed by atoms with Gasteiger partial charge < -0.3 is 15.0 Å². The lowest BCUT2D eigenvalue weighted by molar-refractivity contribution is -0.137. The Morgan fingerprint density at radius 3 is 2.59 bits per heavy atom. The molecule has 7 nitrogen and oxygen atoms in total. The first-order chi connectivity index (χ1) is 17.9. The molecule has 1 atom stereocenters.